The number of anilines is 1. The van der Waals surface area contributed by atoms with Crippen LogP contribution in [0.5, 0.6) is 11.5 Å². The van der Waals surface area contributed by atoms with Gasteiger partial charge in [0.2, 0.25) is 5.91 Å². The topological polar surface area (TPSA) is 55.6 Å². The van der Waals surface area contributed by atoms with Gasteiger partial charge in [-0.15, -0.1) is 11.3 Å². The molecule has 1 aliphatic rings. The molecule has 1 heterocycles. The Morgan fingerprint density at radius 3 is 2.50 bits per heavy atom. The molecule has 1 N–H and O–H groups in total. The maximum absolute atomic E-state index is 12.5. The quantitative estimate of drug-likeness (QED) is 0.588. The molecule has 3 aromatic rings. The summed E-state index contributed by atoms with van der Waals surface area (Å²) >= 11 is 1.62. The highest BCUT2D eigenvalue weighted by atomic mass is 32.1. The average molecular weight is 422 g/mol. The Morgan fingerprint density at radius 1 is 1.07 bits per heavy atom. The molecular formula is C24H27N3O2S. The number of hydrogen-bond donors (Lipinski definition) is 1. The van der Waals surface area contributed by atoms with Crippen LogP contribution in [-0.4, -0.2) is 16.5 Å². The highest BCUT2D eigenvalue weighted by Crippen LogP contribution is 2.23. The maximum Gasteiger partial charge on any atom is 0.230 e. The summed E-state index contributed by atoms with van der Waals surface area (Å²) in [6, 6.07) is 17.5. The minimum absolute atomic E-state index is 0.0376. The first kappa shape index (κ1) is 20.4. The van der Waals surface area contributed by atoms with Gasteiger partial charge < -0.3 is 14.6 Å². The lowest BCUT2D eigenvalue weighted by molar-refractivity contribution is -0.115. The van der Waals surface area contributed by atoms with Gasteiger partial charge in [-0.2, -0.15) is 0 Å². The highest BCUT2D eigenvalue weighted by molar-refractivity contribution is 7.07. The Balaban J connectivity index is 1.35. The summed E-state index contributed by atoms with van der Waals surface area (Å²) in [7, 11) is 2.00. The molecule has 1 saturated carbocycles. The molecule has 4 rings (SSSR count). The van der Waals surface area contributed by atoms with Crippen LogP contribution in [0.2, 0.25) is 0 Å². The molecule has 2 aromatic carbocycles. The molecule has 1 amide bonds. The summed E-state index contributed by atoms with van der Waals surface area (Å²) in [5.41, 5.74) is 1.74. The van der Waals surface area contributed by atoms with Crippen molar-refractivity contribution in [2.45, 2.75) is 44.6 Å². The molecule has 0 saturated heterocycles. The Morgan fingerprint density at radius 2 is 1.77 bits per heavy atom. The second kappa shape index (κ2) is 9.76. The van der Waals surface area contributed by atoms with E-state index in [1.165, 1.54) is 32.1 Å². The fourth-order valence-corrected chi connectivity index (χ4v) is 4.61. The van der Waals surface area contributed by atoms with Crippen LogP contribution in [0.3, 0.4) is 0 Å². The van der Waals surface area contributed by atoms with Gasteiger partial charge in [0.15, 0.2) is 4.80 Å². The van der Waals surface area contributed by atoms with Crippen molar-refractivity contribution in [1.82, 2.24) is 4.57 Å². The van der Waals surface area contributed by atoms with E-state index in [4.69, 9.17) is 9.73 Å². The Hall–Kier alpha value is -2.86. The van der Waals surface area contributed by atoms with E-state index in [-0.39, 0.29) is 5.91 Å². The molecule has 0 aliphatic heterocycles. The SMILES string of the molecule is Cn1c(CC(=O)Nc2ccc(Oc3ccccc3)cc2)csc1=NC1CCCCC1. The van der Waals surface area contributed by atoms with Gasteiger partial charge in [-0.3, -0.25) is 9.79 Å². The second-order valence-corrected chi connectivity index (χ2v) is 8.49. The first-order valence-corrected chi connectivity index (χ1v) is 11.4. The van der Waals surface area contributed by atoms with Crippen LogP contribution in [0.15, 0.2) is 65.0 Å². The molecule has 156 valence electrons. The largest absolute Gasteiger partial charge is 0.457 e. The third-order valence-electron chi connectivity index (χ3n) is 5.34. The van der Waals surface area contributed by atoms with E-state index < -0.39 is 0 Å². The van der Waals surface area contributed by atoms with Crippen molar-refractivity contribution in [1.29, 1.82) is 0 Å². The molecule has 0 unspecified atom stereocenters. The predicted molar refractivity (Wildman–Crippen MR) is 121 cm³/mol. The number of amides is 1. The molecule has 0 radical (unpaired) electrons. The predicted octanol–water partition coefficient (Wildman–Crippen LogP) is 5.29. The van der Waals surface area contributed by atoms with Crippen molar-refractivity contribution in [2.24, 2.45) is 12.0 Å². The van der Waals surface area contributed by atoms with Gasteiger partial charge in [-0.1, -0.05) is 37.5 Å². The lowest BCUT2D eigenvalue weighted by Gasteiger charge is -2.16. The number of rotatable bonds is 6. The van der Waals surface area contributed by atoms with Gasteiger partial charge in [0, 0.05) is 23.8 Å². The molecule has 1 fully saturated rings. The molecule has 1 aliphatic carbocycles. The number of benzene rings is 2. The normalized spacial score (nSPS) is 15.2. The van der Waals surface area contributed by atoms with E-state index in [9.17, 15) is 4.79 Å². The molecule has 5 nitrogen and oxygen atoms in total. The molecule has 0 spiro atoms. The number of nitrogens with zero attached hydrogens (tertiary/aromatic N) is 2. The molecular weight excluding hydrogens is 394 g/mol. The zero-order valence-electron chi connectivity index (χ0n) is 17.2. The van der Waals surface area contributed by atoms with E-state index in [1.807, 2.05) is 67.0 Å². The van der Waals surface area contributed by atoms with E-state index in [0.717, 1.165) is 27.7 Å². The maximum atomic E-state index is 12.5. The fraction of sp³-hybridized carbons (Fsp3) is 0.333. The summed E-state index contributed by atoms with van der Waals surface area (Å²) < 4.78 is 7.84. The van der Waals surface area contributed by atoms with Crippen LogP contribution in [0.25, 0.3) is 0 Å². The number of aromatic nitrogens is 1. The first-order valence-electron chi connectivity index (χ1n) is 10.5. The lowest BCUT2D eigenvalue weighted by Crippen LogP contribution is -2.22. The molecule has 30 heavy (non-hydrogen) atoms. The zero-order chi connectivity index (χ0) is 20.8. The van der Waals surface area contributed by atoms with Crippen molar-refractivity contribution in [3.05, 3.63) is 70.5 Å². The fourth-order valence-electron chi connectivity index (χ4n) is 3.65. The first-order chi connectivity index (χ1) is 14.7. The third-order valence-corrected chi connectivity index (χ3v) is 6.32. The minimum atomic E-state index is -0.0376. The number of hydrogen-bond acceptors (Lipinski definition) is 4. The van der Waals surface area contributed by atoms with Gasteiger partial charge in [-0.05, 0) is 49.2 Å². The van der Waals surface area contributed by atoms with Gasteiger partial charge in [0.05, 0.1) is 12.5 Å². The minimum Gasteiger partial charge on any atom is -0.457 e. The number of para-hydroxylation sites is 1. The van der Waals surface area contributed by atoms with Crippen LogP contribution in [0, 0.1) is 0 Å². The molecule has 1 aromatic heterocycles. The highest BCUT2D eigenvalue weighted by Gasteiger charge is 2.13. The summed E-state index contributed by atoms with van der Waals surface area (Å²) in [5, 5.41) is 5.01. The van der Waals surface area contributed by atoms with E-state index >= 15 is 0 Å². The van der Waals surface area contributed by atoms with Crippen molar-refractivity contribution < 1.29 is 9.53 Å². The number of thiazole rings is 1. The third kappa shape index (κ3) is 5.39. The number of carbonyl (C=O) groups excluding carboxylic acids is 1. The van der Waals surface area contributed by atoms with Crippen molar-refractivity contribution in [3.8, 4) is 11.5 Å². The molecule has 0 bridgehead atoms. The standard InChI is InChI=1S/C24H27N3O2S/c1-27-20(17-30-24(27)26-18-8-4-2-5-9-18)16-23(28)25-19-12-14-22(15-13-19)29-21-10-6-3-7-11-21/h3,6-7,10-15,17-18H,2,4-5,8-9,16H2,1H3,(H,25,28). The Kier molecular flexibility index (Phi) is 6.64. The van der Waals surface area contributed by atoms with Crippen LogP contribution in [0.1, 0.15) is 37.8 Å². The summed E-state index contributed by atoms with van der Waals surface area (Å²) in [6.07, 6.45) is 6.56. The van der Waals surface area contributed by atoms with Crippen LogP contribution < -0.4 is 14.9 Å². The van der Waals surface area contributed by atoms with E-state index in [0.29, 0.717) is 12.5 Å². The zero-order valence-corrected chi connectivity index (χ0v) is 18.0. The number of ether oxygens (including phenoxy) is 1. The van der Waals surface area contributed by atoms with Gasteiger partial charge in [0.1, 0.15) is 11.5 Å². The lowest BCUT2D eigenvalue weighted by atomic mass is 9.96. The Labute approximate surface area is 181 Å². The summed E-state index contributed by atoms with van der Waals surface area (Å²) in [4.78, 5) is 18.4. The second-order valence-electron chi connectivity index (χ2n) is 7.65. The average Bonchev–Trinajstić information content (AvgIpc) is 3.10. The van der Waals surface area contributed by atoms with Gasteiger partial charge in [-0.25, -0.2) is 0 Å². The molecule has 0 atom stereocenters. The van der Waals surface area contributed by atoms with Crippen LogP contribution >= 0.6 is 11.3 Å². The van der Waals surface area contributed by atoms with Crippen molar-refractivity contribution in [3.63, 3.8) is 0 Å². The molecule has 6 heteroatoms. The summed E-state index contributed by atoms with van der Waals surface area (Å²) in [6.45, 7) is 0. The van der Waals surface area contributed by atoms with Crippen LogP contribution in [0.4, 0.5) is 5.69 Å². The number of nitrogens with one attached hydrogen (secondary N) is 1. The van der Waals surface area contributed by atoms with Crippen molar-refractivity contribution >= 4 is 22.9 Å². The van der Waals surface area contributed by atoms with Gasteiger partial charge >= 0.3 is 0 Å². The van der Waals surface area contributed by atoms with Crippen molar-refractivity contribution in [2.75, 3.05) is 5.32 Å². The Bertz CT molecular complexity index is 1030. The monoisotopic (exact) mass is 421 g/mol. The summed E-state index contributed by atoms with van der Waals surface area (Å²) in [5.74, 6) is 1.48. The van der Waals surface area contributed by atoms with E-state index in [1.54, 1.807) is 11.3 Å². The van der Waals surface area contributed by atoms with Crippen LogP contribution in [-0.2, 0) is 18.3 Å². The van der Waals surface area contributed by atoms with Gasteiger partial charge in [0.25, 0.3) is 0 Å². The smallest absolute Gasteiger partial charge is 0.230 e. The van der Waals surface area contributed by atoms with E-state index in [2.05, 4.69) is 9.88 Å². The number of carbonyl (C=O) groups is 1.